The van der Waals surface area contributed by atoms with Gasteiger partial charge in [0, 0.05) is 4.90 Å². The SMILES string of the molecule is NNc1ccc(C(O)C(=O)O)cc1S. The molecule has 0 radical (unpaired) electrons. The van der Waals surface area contributed by atoms with E-state index >= 15 is 0 Å². The molecule has 0 aliphatic carbocycles. The molecule has 1 unspecified atom stereocenters. The second kappa shape index (κ2) is 4.32. The average molecular weight is 214 g/mol. The minimum atomic E-state index is -1.53. The number of carbonyl (C=O) groups is 1. The van der Waals surface area contributed by atoms with Gasteiger partial charge in [-0.1, -0.05) is 6.07 Å². The summed E-state index contributed by atoms with van der Waals surface area (Å²) in [6.45, 7) is 0. The number of rotatable bonds is 3. The molecule has 0 bridgehead atoms. The molecule has 1 aromatic rings. The predicted molar refractivity (Wildman–Crippen MR) is 54.1 cm³/mol. The number of hydrogen-bond donors (Lipinski definition) is 5. The minimum Gasteiger partial charge on any atom is -0.479 e. The van der Waals surface area contributed by atoms with Crippen LogP contribution in [0, 0.1) is 0 Å². The van der Waals surface area contributed by atoms with Gasteiger partial charge < -0.3 is 15.6 Å². The third-order valence-electron chi connectivity index (χ3n) is 1.73. The molecule has 0 saturated carbocycles. The number of nitrogens with two attached hydrogens (primary N) is 1. The molecule has 1 rings (SSSR count). The van der Waals surface area contributed by atoms with Crippen LogP contribution >= 0.6 is 12.6 Å². The molecule has 5 N–H and O–H groups in total. The Kier molecular flexibility index (Phi) is 3.34. The van der Waals surface area contributed by atoms with Crippen molar-refractivity contribution in [2.24, 2.45) is 5.84 Å². The van der Waals surface area contributed by atoms with Crippen molar-refractivity contribution in [2.45, 2.75) is 11.0 Å². The second-order valence-electron chi connectivity index (χ2n) is 2.66. The Balaban J connectivity index is 3.02. The fourth-order valence-corrected chi connectivity index (χ4v) is 1.27. The molecule has 0 aliphatic heterocycles. The maximum Gasteiger partial charge on any atom is 0.337 e. The number of aliphatic hydroxyl groups excluding tert-OH is 1. The number of nitrogen functional groups attached to an aromatic ring is 1. The van der Waals surface area contributed by atoms with Gasteiger partial charge in [0.2, 0.25) is 0 Å². The fourth-order valence-electron chi connectivity index (χ4n) is 0.983. The summed E-state index contributed by atoms with van der Waals surface area (Å²) >= 11 is 4.06. The second-order valence-corrected chi connectivity index (χ2v) is 3.14. The van der Waals surface area contributed by atoms with E-state index in [1.54, 1.807) is 6.07 Å². The van der Waals surface area contributed by atoms with Crippen LogP contribution in [0.3, 0.4) is 0 Å². The van der Waals surface area contributed by atoms with E-state index in [-0.39, 0.29) is 5.56 Å². The molecule has 1 atom stereocenters. The molecule has 0 spiro atoms. The quantitative estimate of drug-likeness (QED) is 0.285. The number of thiol groups is 1. The predicted octanol–water partition coefficient (Wildman–Crippen LogP) is 0.379. The maximum absolute atomic E-state index is 10.5. The molecular weight excluding hydrogens is 204 g/mol. The number of benzene rings is 1. The van der Waals surface area contributed by atoms with Crippen LogP contribution in [0.1, 0.15) is 11.7 Å². The topological polar surface area (TPSA) is 95.6 Å². The Hall–Kier alpha value is -1.24. The zero-order valence-electron chi connectivity index (χ0n) is 7.14. The van der Waals surface area contributed by atoms with Crippen molar-refractivity contribution in [1.82, 2.24) is 0 Å². The van der Waals surface area contributed by atoms with Crippen LogP contribution < -0.4 is 11.3 Å². The van der Waals surface area contributed by atoms with Crippen LogP contribution in [-0.4, -0.2) is 16.2 Å². The third-order valence-corrected chi connectivity index (χ3v) is 2.10. The Morgan fingerprint density at radius 2 is 2.21 bits per heavy atom. The molecule has 76 valence electrons. The Morgan fingerprint density at radius 1 is 1.57 bits per heavy atom. The lowest BCUT2D eigenvalue weighted by atomic mass is 10.1. The molecule has 5 nitrogen and oxygen atoms in total. The molecule has 0 amide bonds. The van der Waals surface area contributed by atoms with Gasteiger partial charge in [0.1, 0.15) is 0 Å². The van der Waals surface area contributed by atoms with Crippen molar-refractivity contribution in [3.8, 4) is 0 Å². The summed E-state index contributed by atoms with van der Waals surface area (Å²) in [4.78, 5) is 10.9. The lowest BCUT2D eigenvalue weighted by Gasteiger charge is -2.09. The van der Waals surface area contributed by atoms with Gasteiger partial charge in [0.25, 0.3) is 0 Å². The molecule has 0 fully saturated rings. The zero-order chi connectivity index (χ0) is 10.7. The Morgan fingerprint density at radius 3 is 2.64 bits per heavy atom. The molecule has 6 heteroatoms. The number of aliphatic carboxylic acids is 1. The highest BCUT2D eigenvalue weighted by Gasteiger charge is 2.16. The summed E-state index contributed by atoms with van der Waals surface area (Å²) in [5.41, 5.74) is 3.21. The highest BCUT2D eigenvalue weighted by Crippen LogP contribution is 2.23. The van der Waals surface area contributed by atoms with Gasteiger partial charge in [-0.2, -0.15) is 0 Å². The summed E-state index contributed by atoms with van der Waals surface area (Å²) in [7, 11) is 0. The van der Waals surface area contributed by atoms with E-state index in [1.807, 2.05) is 0 Å². The van der Waals surface area contributed by atoms with E-state index in [9.17, 15) is 9.90 Å². The largest absolute Gasteiger partial charge is 0.479 e. The molecule has 0 heterocycles. The Bertz CT molecular complexity index is 356. The van der Waals surface area contributed by atoms with Gasteiger partial charge in [-0.05, 0) is 17.7 Å². The van der Waals surface area contributed by atoms with Crippen LogP contribution in [0.2, 0.25) is 0 Å². The number of carboxylic acid groups (broad SMARTS) is 1. The van der Waals surface area contributed by atoms with E-state index in [0.29, 0.717) is 10.6 Å². The minimum absolute atomic E-state index is 0.265. The first-order valence-corrected chi connectivity index (χ1v) is 4.21. The van der Waals surface area contributed by atoms with Gasteiger partial charge in [-0.25, -0.2) is 4.79 Å². The van der Waals surface area contributed by atoms with Crippen LogP contribution in [-0.2, 0) is 4.79 Å². The number of carboxylic acids is 1. The van der Waals surface area contributed by atoms with Crippen LogP contribution in [0.5, 0.6) is 0 Å². The number of anilines is 1. The fraction of sp³-hybridized carbons (Fsp3) is 0.125. The maximum atomic E-state index is 10.5. The summed E-state index contributed by atoms with van der Waals surface area (Å²) in [5.74, 6) is 3.86. The molecule has 14 heavy (non-hydrogen) atoms. The number of hydrazine groups is 1. The van der Waals surface area contributed by atoms with E-state index in [0.717, 1.165) is 0 Å². The number of aliphatic hydroxyl groups is 1. The third kappa shape index (κ3) is 2.16. The van der Waals surface area contributed by atoms with E-state index in [1.165, 1.54) is 12.1 Å². The smallest absolute Gasteiger partial charge is 0.337 e. The van der Waals surface area contributed by atoms with Crippen LogP contribution in [0.4, 0.5) is 5.69 Å². The lowest BCUT2D eigenvalue weighted by Crippen LogP contribution is -2.11. The molecule has 0 aromatic heterocycles. The van der Waals surface area contributed by atoms with Gasteiger partial charge in [-0.3, -0.25) is 5.84 Å². The summed E-state index contributed by atoms with van der Waals surface area (Å²) in [6.07, 6.45) is -1.53. The first-order valence-electron chi connectivity index (χ1n) is 3.76. The van der Waals surface area contributed by atoms with Gasteiger partial charge >= 0.3 is 5.97 Å². The van der Waals surface area contributed by atoms with Gasteiger partial charge in [-0.15, -0.1) is 12.6 Å². The van der Waals surface area contributed by atoms with Crippen molar-refractivity contribution in [3.63, 3.8) is 0 Å². The highest BCUT2D eigenvalue weighted by atomic mass is 32.1. The molecule has 0 saturated heterocycles. The van der Waals surface area contributed by atoms with Gasteiger partial charge in [0.05, 0.1) is 5.69 Å². The van der Waals surface area contributed by atoms with E-state index < -0.39 is 12.1 Å². The molecule has 0 aliphatic rings. The average Bonchev–Trinajstić information content (AvgIpc) is 2.16. The number of nitrogens with one attached hydrogen (secondary N) is 1. The van der Waals surface area contributed by atoms with Crippen LogP contribution in [0.15, 0.2) is 23.1 Å². The van der Waals surface area contributed by atoms with Crippen molar-refractivity contribution < 1.29 is 15.0 Å². The van der Waals surface area contributed by atoms with Gasteiger partial charge in [0.15, 0.2) is 6.10 Å². The zero-order valence-corrected chi connectivity index (χ0v) is 8.03. The van der Waals surface area contributed by atoms with Crippen molar-refractivity contribution in [1.29, 1.82) is 0 Å². The van der Waals surface area contributed by atoms with Crippen molar-refractivity contribution >= 4 is 24.3 Å². The summed E-state index contributed by atoms with van der Waals surface area (Å²) < 4.78 is 0. The number of hydrogen-bond acceptors (Lipinski definition) is 5. The van der Waals surface area contributed by atoms with E-state index in [4.69, 9.17) is 10.9 Å². The molecular formula is C8H10N2O3S. The van der Waals surface area contributed by atoms with Crippen molar-refractivity contribution in [3.05, 3.63) is 23.8 Å². The highest BCUT2D eigenvalue weighted by molar-refractivity contribution is 7.80. The first kappa shape index (κ1) is 10.8. The van der Waals surface area contributed by atoms with Crippen molar-refractivity contribution in [2.75, 3.05) is 5.43 Å². The van der Waals surface area contributed by atoms with Crippen LogP contribution in [0.25, 0.3) is 0 Å². The molecule has 1 aromatic carbocycles. The monoisotopic (exact) mass is 214 g/mol. The normalized spacial score (nSPS) is 12.2. The van der Waals surface area contributed by atoms with E-state index in [2.05, 4.69) is 18.1 Å². The summed E-state index contributed by atoms with van der Waals surface area (Å²) in [6, 6.07) is 4.45. The summed E-state index contributed by atoms with van der Waals surface area (Å²) in [5, 5.41) is 17.7. The lowest BCUT2D eigenvalue weighted by molar-refractivity contribution is -0.146. The first-order chi connectivity index (χ1) is 6.56. The Labute approximate surface area is 85.9 Å². The standard InChI is InChI=1S/C8H10N2O3S/c9-10-5-2-1-4(3-6(5)14)7(11)8(12)13/h1-3,7,10-11,14H,9H2,(H,12,13).